The standard InChI is InChI=1S/C22H22ClN5O3S/c1-4-11-27-20(30)15-7-5-6-8-17(15)28-21(27)25-26-22(28)32-13(2)19(29)24-14-9-10-18(31-3)16(23)12-14/h5-10,12-13H,4,11H2,1-3H3,(H,24,29). The summed E-state index contributed by atoms with van der Waals surface area (Å²) in [5.41, 5.74) is 1.18. The van der Waals surface area contributed by atoms with Crippen molar-refractivity contribution in [1.82, 2.24) is 19.2 Å². The number of carbonyl (C=O) groups excluding carboxylic acids is 1. The fourth-order valence-electron chi connectivity index (χ4n) is 3.43. The second-order valence-electron chi connectivity index (χ2n) is 7.19. The number of aromatic nitrogens is 4. The normalized spacial score (nSPS) is 12.2. The molecule has 0 aliphatic heterocycles. The number of para-hydroxylation sites is 1. The molecule has 2 aromatic carbocycles. The number of rotatable bonds is 7. The van der Waals surface area contributed by atoms with Crippen LogP contribution >= 0.6 is 23.4 Å². The van der Waals surface area contributed by atoms with Crippen LogP contribution in [0.15, 0.2) is 52.4 Å². The SMILES string of the molecule is CCCn1c(=O)c2ccccc2n2c(SC(C)C(=O)Nc3ccc(OC)c(Cl)c3)nnc12. The molecular formula is C22H22ClN5O3S. The van der Waals surface area contributed by atoms with E-state index in [0.29, 0.717) is 44.8 Å². The van der Waals surface area contributed by atoms with Gasteiger partial charge in [0.25, 0.3) is 5.56 Å². The molecule has 0 radical (unpaired) electrons. The summed E-state index contributed by atoms with van der Waals surface area (Å²) in [6, 6.07) is 12.4. The second-order valence-corrected chi connectivity index (χ2v) is 8.91. The van der Waals surface area contributed by atoms with Crippen LogP contribution in [-0.4, -0.2) is 37.4 Å². The van der Waals surface area contributed by atoms with Gasteiger partial charge in [0.15, 0.2) is 5.16 Å². The molecule has 0 saturated carbocycles. The van der Waals surface area contributed by atoms with E-state index in [0.717, 1.165) is 6.42 Å². The molecule has 4 rings (SSSR count). The Labute approximate surface area is 193 Å². The minimum Gasteiger partial charge on any atom is -0.495 e. The number of carbonyl (C=O) groups is 1. The maximum Gasteiger partial charge on any atom is 0.262 e. The minimum absolute atomic E-state index is 0.0962. The molecule has 0 saturated heterocycles. The number of ether oxygens (including phenoxy) is 1. The van der Waals surface area contributed by atoms with Gasteiger partial charge in [0.2, 0.25) is 11.7 Å². The molecule has 10 heteroatoms. The number of hydrogen-bond acceptors (Lipinski definition) is 6. The maximum absolute atomic E-state index is 12.9. The Morgan fingerprint density at radius 3 is 2.75 bits per heavy atom. The van der Waals surface area contributed by atoms with E-state index < -0.39 is 5.25 Å². The molecule has 1 N–H and O–H groups in total. The monoisotopic (exact) mass is 471 g/mol. The zero-order chi connectivity index (χ0) is 22.8. The largest absolute Gasteiger partial charge is 0.495 e. The minimum atomic E-state index is -0.478. The summed E-state index contributed by atoms with van der Waals surface area (Å²) in [6.45, 7) is 4.32. The van der Waals surface area contributed by atoms with Gasteiger partial charge in [-0.2, -0.15) is 0 Å². The van der Waals surface area contributed by atoms with Crippen molar-refractivity contribution in [3.05, 3.63) is 57.8 Å². The van der Waals surface area contributed by atoms with Crippen molar-refractivity contribution < 1.29 is 9.53 Å². The smallest absolute Gasteiger partial charge is 0.262 e. The average Bonchev–Trinajstić information content (AvgIpc) is 3.20. The molecule has 1 amide bonds. The number of aryl methyl sites for hydroxylation is 1. The quantitative estimate of drug-likeness (QED) is 0.405. The zero-order valence-electron chi connectivity index (χ0n) is 17.8. The number of fused-ring (bicyclic) bond motifs is 3. The van der Waals surface area contributed by atoms with Crippen LogP contribution < -0.4 is 15.6 Å². The van der Waals surface area contributed by atoms with Gasteiger partial charge in [-0.1, -0.05) is 42.4 Å². The van der Waals surface area contributed by atoms with Crippen molar-refractivity contribution in [3.63, 3.8) is 0 Å². The number of nitrogens with zero attached hydrogens (tertiary/aromatic N) is 4. The van der Waals surface area contributed by atoms with Gasteiger partial charge in [-0.05, 0) is 43.7 Å². The van der Waals surface area contributed by atoms with E-state index in [9.17, 15) is 9.59 Å². The second kappa shape index (κ2) is 9.22. The summed E-state index contributed by atoms with van der Waals surface area (Å²) in [5, 5.41) is 12.5. The molecular weight excluding hydrogens is 450 g/mol. The number of benzene rings is 2. The van der Waals surface area contributed by atoms with Gasteiger partial charge < -0.3 is 10.1 Å². The van der Waals surface area contributed by atoms with Crippen LogP contribution in [0.5, 0.6) is 5.75 Å². The Hall–Kier alpha value is -3.04. The van der Waals surface area contributed by atoms with Crippen LogP contribution in [0.2, 0.25) is 5.02 Å². The highest BCUT2D eigenvalue weighted by molar-refractivity contribution is 8.00. The fourth-order valence-corrected chi connectivity index (χ4v) is 4.55. The first-order valence-corrected chi connectivity index (χ1v) is 11.4. The molecule has 0 bridgehead atoms. The lowest BCUT2D eigenvalue weighted by Gasteiger charge is -2.13. The number of nitrogens with one attached hydrogen (secondary N) is 1. The molecule has 32 heavy (non-hydrogen) atoms. The summed E-state index contributed by atoms with van der Waals surface area (Å²) in [7, 11) is 1.53. The lowest BCUT2D eigenvalue weighted by Crippen LogP contribution is -2.24. The topological polar surface area (TPSA) is 90.5 Å². The molecule has 0 aliphatic carbocycles. The van der Waals surface area contributed by atoms with Crippen LogP contribution in [0.4, 0.5) is 5.69 Å². The molecule has 1 unspecified atom stereocenters. The van der Waals surface area contributed by atoms with Crippen molar-refractivity contribution in [2.24, 2.45) is 0 Å². The molecule has 166 valence electrons. The fraction of sp³-hybridized carbons (Fsp3) is 0.273. The van der Waals surface area contributed by atoms with Crippen LogP contribution in [-0.2, 0) is 11.3 Å². The molecule has 0 fully saturated rings. The third-order valence-electron chi connectivity index (χ3n) is 5.00. The first kappa shape index (κ1) is 22.2. The Morgan fingerprint density at radius 2 is 2.03 bits per heavy atom. The van der Waals surface area contributed by atoms with Crippen molar-refractivity contribution in [2.45, 2.75) is 37.2 Å². The summed E-state index contributed by atoms with van der Waals surface area (Å²) in [6.07, 6.45) is 0.784. The molecule has 0 spiro atoms. The van der Waals surface area contributed by atoms with Gasteiger partial charge in [-0.25, -0.2) is 0 Å². The summed E-state index contributed by atoms with van der Waals surface area (Å²) in [5.74, 6) is 0.791. The van der Waals surface area contributed by atoms with Crippen molar-refractivity contribution >= 4 is 51.6 Å². The van der Waals surface area contributed by atoms with Gasteiger partial charge in [-0.15, -0.1) is 10.2 Å². The summed E-state index contributed by atoms with van der Waals surface area (Å²) < 4.78 is 8.61. The van der Waals surface area contributed by atoms with E-state index in [1.54, 1.807) is 35.8 Å². The third-order valence-corrected chi connectivity index (χ3v) is 6.33. The summed E-state index contributed by atoms with van der Waals surface area (Å²) in [4.78, 5) is 25.7. The van der Waals surface area contributed by atoms with Gasteiger partial charge in [0.05, 0.1) is 28.3 Å². The van der Waals surface area contributed by atoms with Crippen LogP contribution in [0.1, 0.15) is 20.3 Å². The van der Waals surface area contributed by atoms with Gasteiger partial charge >= 0.3 is 0 Å². The molecule has 1 atom stereocenters. The van der Waals surface area contributed by atoms with E-state index in [1.807, 2.05) is 29.5 Å². The van der Waals surface area contributed by atoms with Gasteiger partial charge in [-0.3, -0.25) is 18.6 Å². The number of halogens is 1. The van der Waals surface area contributed by atoms with E-state index in [2.05, 4.69) is 15.5 Å². The van der Waals surface area contributed by atoms with Crippen LogP contribution in [0.25, 0.3) is 16.7 Å². The zero-order valence-corrected chi connectivity index (χ0v) is 19.4. The first-order valence-electron chi connectivity index (χ1n) is 10.1. The molecule has 2 aromatic heterocycles. The lowest BCUT2D eigenvalue weighted by molar-refractivity contribution is -0.115. The Balaban J connectivity index is 1.66. The Kier molecular flexibility index (Phi) is 6.38. The predicted octanol–water partition coefficient (Wildman–Crippen LogP) is 4.24. The van der Waals surface area contributed by atoms with E-state index in [-0.39, 0.29) is 11.5 Å². The van der Waals surface area contributed by atoms with E-state index in [1.165, 1.54) is 18.9 Å². The van der Waals surface area contributed by atoms with Gasteiger partial charge in [0.1, 0.15) is 5.75 Å². The van der Waals surface area contributed by atoms with E-state index in [4.69, 9.17) is 16.3 Å². The highest BCUT2D eigenvalue weighted by Crippen LogP contribution is 2.29. The predicted molar refractivity (Wildman–Crippen MR) is 127 cm³/mol. The Bertz CT molecular complexity index is 1370. The first-order chi connectivity index (χ1) is 15.4. The van der Waals surface area contributed by atoms with Crippen molar-refractivity contribution in [1.29, 1.82) is 0 Å². The van der Waals surface area contributed by atoms with Crippen LogP contribution in [0.3, 0.4) is 0 Å². The third kappa shape index (κ3) is 4.05. The number of anilines is 1. The highest BCUT2D eigenvalue weighted by atomic mass is 35.5. The number of thioether (sulfide) groups is 1. The van der Waals surface area contributed by atoms with Crippen molar-refractivity contribution in [3.8, 4) is 5.75 Å². The highest BCUT2D eigenvalue weighted by Gasteiger charge is 2.21. The molecule has 8 nitrogen and oxygen atoms in total. The molecule has 2 heterocycles. The molecule has 0 aliphatic rings. The maximum atomic E-state index is 12.9. The number of hydrogen-bond donors (Lipinski definition) is 1. The van der Waals surface area contributed by atoms with E-state index >= 15 is 0 Å². The average molecular weight is 472 g/mol. The number of methoxy groups -OCH3 is 1. The van der Waals surface area contributed by atoms with Gasteiger partial charge in [0, 0.05) is 12.2 Å². The summed E-state index contributed by atoms with van der Waals surface area (Å²) >= 11 is 7.42. The van der Waals surface area contributed by atoms with Crippen molar-refractivity contribution in [2.75, 3.05) is 12.4 Å². The Morgan fingerprint density at radius 1 is 1.25 bits per heavy atom. The lowest BCUT2D eigenvalue weighted by atomic mass is 10.2. The van der Waals surface area contributed by atoms with Crippen LogP contribution in [0, 0.1) is 0 Å². The number of amides is 1. The molecule has 4 aromatic rings.